The number of amides is 1. The lowest BCUT2D eigenvalue weighted by molar-refractivity contribution is -0.122. The van der Waals surface area contributed by atoms with Crippen LogP contribution in [-0.2, 0) is 4.79 Å². The van der Waals surface area contributed by atoms with Crippen LogP contribution in [0.15, 0.2) is 18.2 Å². The Morgan fingerprint density at radius 2 is 2.19 bits per heavy atom. The zero-order chi connectivity index (χ0) is 11.7. The van der Waals surface area contributed by atoms with Gasteiger partial charge in [0, 0.05) is 19.2 Å². The summed E-state index contributed by atoms with van der Waals surface area (Å²) in [5, 5.41) is 2.69. The molecule has 1 saturated heterocycles. The number of nitrogens with one attached hydrogen (secondary N) is 1. The van der Waals surface area contributed by atoms with Crippen LogP contribution in [0.25, 0.3) is 0 Å². The Balaban J connectivity index is 2.32. The van der Waals surface area contributed by atoms with E-state index in [1.165, 1.54) is 12.1 Å². The van der Waals surface area contributed by atoms with Crippen LogP contribution in [0, 0.1) is 11.6 Å². The van der Waals surface area contributed by atoms with Crippen molar-refractivity contribution in [3.63, 3.8) is 0 Å². The molecule has 1 amide bonds. The molecule has 2 rings (SSSR count). The highest BCUT2D eigenvalue weighted by molar-refractivity contribution is 5.86. The van der Waals surface area contributed by atoms with Gasteiger partial charge in [-0.15, -0.1) is 0 Å². The predicted molar refractivity (Wildman–Crippen MR) is 56.2 cm³/mol. The molecular weight excluding hydrogens is 214 g/mol. The lowest BCUT2D eigenvalue weighted by Crippen LogP contribution is -2.54. The average Bonchev–Trinajstić information content (AvgIpc) is 2.23. The number of benzene rings is 1. The number of hydrogen-bond acceptors (Lipinski definition) is 2. The maximum atomic E-state index is 13.5. The number of nitrogens with zero attached hydrogens (tertiary/aromatic N) is 1. The van der Waals surface area contributed by atoms with Gasteiger partial charge in [0.25, 0.3) is 0 Å². The molecule has 1 unspecified atom stereocenters. The van der Waals surface area contributed by atoms with Crippen molar-refractivity contribution >= 4 is 11.6 Å². The van der Waals surface area contributed by atoms with E-state index < -0.39 is 17.7 Å². The van der Waals surface area contributed by atoms with E-state index in [0.29, 0.717) is 13.1 Å². The first-order valence-electron chi connectivity index (χ1n) is 5.09. The number of carbonyl (C=O) groups excluding carboxylic acids is 1. The van der Waals surface area contributed by atoms with E-state index >= 15 is 0 Å². The molecule has 1 aliphatic heterocycles. The highest BCUT2D eigenvalue weighted by Gasteiger charge is 2.27. The monoisotopic (exact) mass is 226 g/mol. The Bertz CT molecular complexity index is 422. The third-order valence-corrected chi connectivity index (χ3v) is 2.72. The van der Waals surface area contributed by atoms with E-state index in [0.717, 1.165) is 6.07 Å². The summed E-state index contributed by atoms with van der Waals surface area (Å²) in [7, 11) is 0. The molecule has 0 bridgehead atoms. The summed E-state index contributed by atoms with van der Waals surface area (Å²) < 4.78 is 26.3. The van der Waals surface area contributed by atoms with Gasteiger partial charge in [-0.25, -0.2) is 8.78 Å². The molecule has 0 aliphatic carbocycles. The van der Waals surface area contributed by atoms with Crippen molar-refractivity contribution in [3.05, 3.63) is 29.8 Å². The van der Waals surface area contributed by atoms with Crippen molar-refractivity contribution in [2.45, 2.75) is 13.0 Å². The Morgan fingerprint density at radius 1 is 1.44 bits per heavy atom. The van der Waals surface area contributed by atoms with E-state index in [-0.39, 0.29) is 11.6 Å². The number of hydrogen-bond donors (Lipinski definition) is 1. The first-order valence-corrected chi connectivity index (χ1v) is 5.09. The lowest BCUT2D eigenvalue weighted by Gasteiger charge is -2.34. The highest BCUT2D eigenvalue weighted by atomic mass is 19.1. The van der Waals surface area contributed by atoms with Crippen molar-refractivity contribution in [2.75, 3.05) is 18.0 Å². The Morgan fingerprint density at radius 3 is 2.88 bits per heavy atom. The van der Waals surface area contributed by atoms with Crippen molar-refractivity contribution in [2.24, 2.45) is 0 Å². The molecule has 1 fully saturated rings. The smallest absolute Gasteiger partial charge is 0.242 e. The molecule has 1 aromatic carbocycles. The summed E-state index contributed by atoms with van der Waals surface area (Å²) >= 11 is 0. The number of halogens is 2. The van der Waals surface area contributed by atoms with Crippen LogP contribution in [0.2, 0.25) is 0 Å². The molecular formula is C11H12F2N2O. The number of carbonyl (C=O) groups is 1. The molecule has 0 aromatic heterocycles. The predicted octanol–water partition coefficient (Wildman–Crippen LogP) is 1.29. The van der Waals surface area contributed by atoms with E-state index in [9.17, 15) is 13.6 Å². The van der Waals surface area contributed by atoms with E-state index in [1.807, 2.05) is 0 Å². The molecule has 0 radical (unpaired) electrons. The minimum atomic E-state index is -0.637. The van der Waals surface area contributed by atoms with E-state index in [4.69, 9.17) is 0 Å². The molecule has 1 aliphatic rings. The second kappa shape index (κ2) is 4.08. The van der Waals surface area contributed by atoms with Gasteiger partial charge >= 0.3 is 0 Å². The second-order valence-corrected chi connectivity index (χ2v) is 3.76. The maximum absolute atomic E-state index is 13.5. The van der Waals surface area contributed by atoms with Crippen LogP contribution in [0.1, 0.15) is 6.92 Å². The quantitative estimate of drug-likeness (QED) is 0.782. The molecule has 0 saturated carbocycles. The number of piperazine rings is 1. The van der Waals surface area contributed by atoms with Crippen LogP contribution in [0.3, 0.4) is 0 Å². The fraction of sp³-hybridized carbons (Fsp3) is 0.364. The largest absolute Gasteiger partial charge is 0.356 e. The molecule has 3 nitrogen and oxygen atoms in total. The lowest BCUT2D eigenvalue weighted by atomic mass is 10.1. The fourth-order valence-corrected chi connectivity index (χ4v) is 1.83. The SMILES string of the molecule is CC1C(=O)NCCN1c1ccc(F)cc1F. The molecule has 1 N–H and O–H groups in total. The summed E-state index contributed by atoms with van der Waals surface area (Å²) in [6, 6.07) is 2.94. The van der Waals surface area contributed by atoms with Crippen LogP contribution in [-0.4, -0.2) is 25.0 Å². The Kier molecular flexibility index (Phi) is 2.77. The molecule has 86 valence electrons. The highest BCUT2D eigenvalue weighted by Crippen LogP contribution is 2.23. The zero-order valence-corrected chi connectivity index (χ0v) is 8.84. The Labute approximate surface area is 92.1 Å². The van der Waals surface area contributed by atoms with Crippen molar-refractivity contribution in [1.29, 1.82) is 0 Å². The number of anilines is 1. The van der Waals surface area contributed by atoms with Crippen LogP contribution >= 0.6 is 0 Å². The molecule has 16 heavy (non-hydrogen) atoms. The van der Waals surface area contributed by atoms with Gasteiger partial charge in [0.05, 0.1) is 5.69 Å². The molecule has 1 aromatic rings. The van der Waals surface area contributed by atoms with Gasteiger partial charge in [0.1, 0.15) is 17.7 Å². The van der Waals surface area contributed by atoms with E-state index in [1.54, 1.807) is 11.8 Å². The first kappa shape index (κ1) is 10.9. The topological polar surface area (TPSA) is 32.3 Å². The zero-order valence-electron chi connectivity index (χ0n) is 8.84. The summed E-state index contributed by atoms with van der Waals surface area (Å²) in [6.07, 6.45) is 0. The van der Waals surface area contributed by atoms with Crippen molar-refractivity contribution in [1.82, 2.24) is 5.32 Å². The second-order valence-electron chi connectivity index (χ2n) is 3.76. The normalized spacial score (nSPS) is 20.8. The van der Waals surface area contributed by atoms with Gasteiger partial charge in [0.2, 0.25) is 5.91 Å². The van der Waals surface area contributed by atoms with Gasteiger partial charge < -0.3 is 10.2 Å². The molecule has 1 heterocycles. The van der Waals surface area contributed by atoms with Gasteiger partial charge in [0.15, 0.2) is 0 Å². The average molecular weight is 226 g/mol. The summed E-state index contributed by atoms with van der Waals surface area (Å²) in [4.78, 5) is 13.0. The number of rotatable bonds is 1. The fourth-order valence-electron chi connectivity index (χ4n) is 1.83. The molecule has 5 heteroatoms. The van der Waals surface area contributed by atoms with Crippen molar-refractivity contribution in [3.8, 4) is 0 Å². The summed E-state index contributed by atoms with van der Waals surface area (Å²) in [5.41, 5.74) is 0.267. The van der Waals surface area contributed by atoms with Gasteiger partial charge in [-0.2, -0.15) is 0 Å². The minimum absolute atomic E-state index is 0.144. The Hall–Kier alpha value is -1.65. The van der Waals surface area contributed by atoms with Crippen LogP contribution < -0.4 is 10.2 Å². The van der Waals surface area contributed by atoms with Gasteiger partial charge in [-0.1, -0.05) is 0 Å². The minimum Gasteiger partial charge on any atom is -0.356 e. The first-order chi connectivity index (χ1) is 7.59. The summed E-state index contributed by atoms with van der Waals surface area (Å²) in [5.74, 6) is -1.40. The van der Waals surface area contributed by atoms with Crippen molar-refractivity contribution < 1.29 is 13.6 Å². The molecule has 0 spiro atoms. The van der Waals surface area contributed by atoms with Crippen LogP contribution in [0.4, 0.5) is 14.5 Å². The standard InChI is InChI=1S/C11H12F2N2O/c1-7-11(16)14-4-5-15(7)10-3-2-8(12)6-9(10)13/h2-3,6-7H,4-5H2,1H3,(H,14,16). The third-order valence-electron chi connectivity index (χ3n) is 2.72. The van der Waals surface area contributed by atoms with Gasteiger partial charge in [-0.05, 0) is 19.1 Å². The maximum Gasteiger partial charge on any atom is 0.242 e. The van der Waals surface area contributed by atoms with Gasteiger partial charge in [-0.3, -0.25) is 4.79 Å². The molecule has 1 atom stereocenters. The van der Waals surface area contributed by atoms with E-state index in [2.05, 4.69) is 5.32 Å². The summed E-state index contributed by atoms with van der Waals surface area (Å²) in [6.45, 7) is 2.69. The third kappa shape index (κ3) is 1.85. The van der Waals surface area contributed by atoms with Crippen LogP contribution in [0.5, 0.6) is 0 Å².